The van der Waals surface area contributed by atoms with Crippen LogP contribution in [0.3, 0.4) is 0 Å². The van der Waals surface area contributed by atoms with Crippen LogP contribution in [0.2, 0.25) is 0 Å². The number of non-ortho nitro benzene ring substituents is 1. The van der Waals surface area contributed by atoms with Crippen LogP contribution in [0.1, 0.15) is 20.8 Å². The summed E-state index contributed by atoms with van der Waals surface area (Å²) in [7, 11) is 0. The average molecular weight is 485 g/mol. The molecule has 0 aromatic heterocycles. The number of ether oxygens (including phenoxy) is 1. The third-order valence-electron chi connectivity index (χ3n) is 4.96. The largest absolute Gasteiger partial charge is 0.461 e. The molecule has 2 aliphatic rings. The van der Waals surface area contributed by atoms with Crippen molar-refractivity contribution >= 4 is 57.4 Å². The normalized spacial score (nSPS) is 19.8. The van der Waals surface area contributed by atoms with Crippen molar-refractivity contribution in [2.75, 3.05) is 16.5 Å². The molecule has 2 aromatic rings. The number of carbonyl (C=O) groups excluding carboxylic acids is 2. The number of hydrogen-bond donors (Lipinski definition) is 0. The number of nitrogens with zero attached hydrogens (tertiary/aromatic N) is 4. The number of Topliss-reactive ketones (excluding diaryl/α,β-unsaturated/α-hetero) is 1. The number of rotatable bonds is 6. The predicted molar refractivity (Wildman–Crippen MR) is 130 cm³/mol. The second kappa shape index (κ2) is 8.91. The summed E-state index contributed by atoms with van der Waals surface area (Å²) in [4.78, 5) is 38.3. The van der Waals surface area contributed by atoms with Gasteiger partial charge in [0.1, 0.15) is 0 Å². The molecule has 11 heteroatoms. The fourth-order valence-electron chi connectivity index (χ4n) is 3.59. The second-order valence-electron chi connectivity index (χ2n) is 7.11. The zero-order valence-corrected chi connectivity index (χ0v) is 19.7. The lowest BCUT2D eigenvalue weighted by molar-refractivity contribution is -0.384. The first kappa shape index (κ1) is 22.9. The first-order valence-corrected chi connectivity index (χ1v) is 11.7. The molecule has 0 unspecified atom stereocenters. The molecule has 0 N–H and O–H groups in total. The maximum absolute atomic E-state index is 12.6. The number of thioether (sulfide) groups is 2. The van der Waals surface area contributed by atoms with E-state index in [4.69, 9.17) is 4.74 Å². The van der Waals surface area contributed by atoms with Gasteiger partial charge < -0.3 is 9.64 Å². The summed E-state index contributed by atoms with van der Waals surface area (Å²) < 4.78 is 4.11. The molecule has 2 aliphatic heterocycles. The van der Waals surface area contributed by atoms with Crippen LogP contribution in [0, 0.1) is 10.1 Å². The van der Waals surface area contributed by atoms with Crippen LogP contribution in [-0.4, -0.2) is 32.7 Å². The number of allylic oxidation sites excluding steroid dienone is 2. The minimum absolute atomic E-state index is 0.0630. The third-order valence-corrected chi connectivity index (χ3v) is 7.93. The number of nitro groups is 1. The van der Waals surface area contributed by atoms with Gasteiger partial charge in [-0.2, -0.15) is 5.10 Å². The zero-order chi connectivity index (χ0) is 23.8. The summed E-state index contributed by atoms with van der Waals surface area (Å²) in [6, 6.07) is 15.4. The van der Waals surface area contributed by atoms with Gasteiger partial charge in [-0.1, -0.05) is 30.0 Å². The molecule has 4 rings (SSSR count). The van der Waals surface area contributed by atoms with E-state index in [2.05, 4.69) is 5.10 Å². The molecule has 0 bridgehead atoms. The van der Waals surface area contributed by atoms with Gasteiger partial charge >= 0.3 is 5.97 Å². The van der Waals surface area contributed by atoms with Gasteiger partial charge in [0.2, 0.25) is 9.37 Å². The molecular formula is C22H20N4O5S2. The molecule has 2 heterocycles. The van der Waals surface area contributed by atoms with Crippen molar-refractivity contribution in [3.05, 3.63) is 75.3 Å². The van der Waals surface area contributed by atoms with E-state index in [9.17, 15) is 19.7 Å². The highest BCUT2D eigenvalue weighted by Gasteiger charge is 2.57. The smallest absolute Gasteiger partial charge is 0.365 e. The van der Waals surface area contributed by atoms with E-state index in [1.807, 2.05) is 42.2 Å². The Morgan fingerprint density at radius 2 is 1.76 bits per heavy atom. The van der Waals surface area contributed by atoms with Crippen molar-refractivity contribution < 1.29 is 19.2 Å². The number of para-hydroxylation sites is 1. The van der Waals surface area contributed by atoms with E-state index in [1.54, 1.807) is 24.1 Å². The topological polar surface area (TPSA) is 105 Å². The van der Waals surface area contributed by atoms with Gasteiger partial charge in [0.15, 0.2) is 5.78 Å². The van der Waals surface area contributed by atoms with Crippen LogP contribution in [0.25, 0.3) is 0 Å². The fourth-order valence-corrected chi connectivity index (χ4v) is 6.54. The molecule has 9 nitrogen and oxygen atoms in total. The van der Waals surface area contributed by atoms with Gasteiger partial charge in [0, 0.05) is 23.5 Å². The van der Waals surface area contributed by atoms with E-state index < -0.39 is 15.2 Å². The molecular weight excluding hydrogens is 464 g/mol. The Bertz CT molecular complexity index is 1180. The minimum Gasteiger partial charge on any atom is -0.461 e. The molecule has 170 valence electrons. The highest BCUT2D eigenvalue weighted by Crippen LogP contribution is 2.60. The maximum atomic E-state index is 12.6. The summed E-state index contributed by atoms with van der Waals surface area (Å²) in [5.74, 6) is -0.682. The average Bonchev–Trinajstić information content (AvgIpc) is 3.32. The Balaban J connectivity index is 1.88. The van der Waals surface area contributed by atoms with Crippen molar-refractivity contribution in [1.82, 2.24) is 0 Å². The Kier molecular flexibility index (Phi) is 6.17. The van der Waals surface area contributed by atoms with E-state index >= 15 is 0 Å². The van der Waals surface area contributed by atoms with Crippen molar-refractivity contribution in [1.29, 1.82) is 0 Å². The number of hydrazone groups is 1. The summed E-state index contributed by atoms with van der Waals surface area (Å²) >= 11 is 2.45. The monoisotopic (exact) mass is 484 g/mol. The molecule has 2 aromatic carbocycles. The van der Waals surface area contributed by atoms with Gasteiger partial charge in [0.05, 0.1) is 22.1 Å². The number of esters is 1. The summed E-state index contributed by atoms with van der Waals surface area (Å²) in [5.41, 5.74) is 1.99. The predicted octanol–water partition coefficient (Wildman–Crippen LogP) is 4.71. The van der Waals surface area contributed by atoms with Crippen LogP contribution in [0.5, 0.6) is 0 Å². The third kappa shape index (κ3) is 3.98. The Morgan fingerprint density at radius 1 is 1.09 bits per heavy atom. The number of ketones is 1. The standard InChI is InChI=1S/C22H20N4O5S2/c1-4-31-21(28)20-23-25(17-10-12-18(13-11-17)26(29)30)22(33-20)24(16-8-6-5-7-9-16)14(2)19(32-22)15(3)27/h5-13H,4H2,1-3H3/t22-/m1/s1. The first-order valence-electron chi connectivity index (χ1n) is 10.0. The second-order valence-corrected chi connectivity index (χ2v) is 9.71. The van der Waals surface area contributed by atoms with Crippen LogP contribution < -0.4 is 9.91 Å². The molecule has 0 saturated carbocycles. The summed E-state index contributed by atoms with van der Waals surface area (Å²) in [6.07, 6.45) is 0. The summed E-state index contributed by atoms with van der Waals surface area (Å²) in [6.45, 7) is 5.25. The molecule has 33 heavy (non-hydrogen) atoms. The fraction of sp³-hybridized carbons (Fsp3) is 0.227. The SMILES string of the molecule is CCOC(=O)C1=NN(c2ccc([N+](=O)[O-])cc2)[C@@]2(S1)SC(C(C)=O)=C(C)N2c1ccccc1. The number of benzene rings is 2. The molecule has 1 atom stereocenters. The van der Waals surface area contributed by atoms with Crippen molar-refractivity contribution in [3.63, 3.8) is 0 Å². The maximum Gasteiger partial charge on any atom is 0.365 e. The van der Waals surface area contributed by atoms with Crippen molar-refractivity contribution in [2.24, 2.45) is 5.10 Å². The first-order chi connectivity index (χ1) is 15.8. The van der Waals surface area contributed by atoms with Crippen LogP contribution in [0.4, 0.5) is 17.1 Å². The molecule has 0 saturated heterocycles. The highest BCUT2D eigenvalue weighted by molar-refractivity contribution is 8.29. The van der Waals surface area contributed by atoms with E-state index in [0.717, 1.165) is 11.4 Å². The van der Waals surface area contributed by atoms with Crippen molar-refractivity contribution in [2.45, 2.75) is 25.1 Å². The molecule has 1 spiro atoms. The van der Waals surface area contributed by atoms with Crippen LogP contribution in [0.15, 0.2) is 70.3 Å². The molecule has 0 fully saturated rings. The van der Waals surface area contributed by atoms with Gasteiger partial charge in [-0.15, -0.1) is 0 Å². The molecule has 0 radical (unpaired) electrons. The lowest BCUT2D eigenvalue weighted by Crippen LogP contribution is -2.49. The van der Waals surface area contributed by atoms with Gasteiger partial charge in [-0.3, -0.25) is 14.9 Å². The molecule has 0 aliphatic carbocycles. The Labute approximate surface area is 198 Å². The van der Waals surface area contributed by atoms with E-state index in [-0.39, 0.29) is 23.1 Å². The lowest BCUT2D eigenvalue weighted by atomic mass is 10.2. The zero-order valence-electron chi connectivity index (χ0n) is 18.0. The Morgan fingerprint density at radius 3 is 2.33 bits per heavy atom. The number of anilines is 2. The lowest BCUT2D eigenvalue weighted by Gasteiger charge is -2.41. The van der Waals surface area contributed by atoms with E-state index in [1.165, 1.54) is 42.6 Å². The van der Waals surface area contributed by atoms with Gasteiger partial charge in [-0.05, 0) is 56.8 Å². The quantitative estimate of drug-likeness (QED) is 0.327. The molecule has 0 amide bonds. The number of hydrogen-bond acceptors (Lipinski definition) is 10. The Hall–Kier alpha value is -3.31. The van der Waals surface area contributed by atoms with E-state index in [0.29, 0.717) is 10.6 Å². The summed E-state index contributed by atoms with van der Waals surface area (Å²) in [5, 5.41) is 17.4. The van der Waals surface area contributed by atoms with Gasteiger partial charge in [-0.25, -0.2) is 9.80 Å². The van der Waals surface area contributed by atoms with Crippen LogP contribution in [-0.2, 0) is 14.3 Å². The van der Waals surface area contributed by atoms with Crippen molar-refractivity contribution in [3.8, 4) is 0 Å². The van der Waals surface area contributed by atoms with Crippen LogP contribution >= 0.6 is 23.5 Å². The van der Waals surface area contributed by atoms with Gasteiger partial charge in [0.25, 0.3) is 5.69 Å². The highest BCUT2D eigenvalue weighted by atomic mass is 32.2. The number of carbonyl (C=O) groups is 2. The number of nitro benzene ring substituents is 1. The minimum atomic E-state index is -1.08.